The van der Waals surface area contributed by atoms with Crippen LogP contribution >= 0.6 is 34.1 Å². The number of H-pyrrole nitrogens is 1. The number of sulfonamides is 1. The molecular weight excluding hydrogens is 539 g/mol. The zero-order valence-corrected chi connectivity index (χ0v) is 18.7. The first-order valence-electron chi connectivity index (χ1n) is 8.26. The minimum atomic E-state index is -3.92. The number of nitrogens with zero attached hydrogens (tertiary/aromatic N) is 4. The quantitative estimate of drug-likeness (QED) is 0.347. The molecule has 4 rings (SSSR count). The number of nitrogens with one attached hydrogen (secondary N) is 2. The summed E-state index contributed by atoms with van der Waals surface area (Å²) in [6.07, 6.45) is 4.65. The summed E-state index contributed by atoms with van der Waals surface area (Å²) in [6.45, 7) is 0. The van der Waals surface area contributed by atoms with Gasteiger partial charge in [0.25, 0.3) is 10.0 Å². The minimum absolute atomic E-state index is 0.0758. The van der Waals surface area contributed by atoms with Crippen LogP contribution in [0.1, 0.15) is 5.56 Å². The van der Waals surface area contributed by atoms with Crippen molar-refractivity contribution in [1.29, 1.82) is 5.26 Å². The van der Waals surface area contributed by atoms with Gasteiger partial charge < -0.3 is 4.74 Å². The second kappa shape index (κ2) is 8.38. The Labute approximate surface area is 189 Å². The molecule has 2 aromatic heterocycles. The largest absolute Gasteiger partial charge is 0.455 e. The van der Waals surface area contributed by atoms with Crippen LogP contribution in [0.15, 0.2) is 60.0 Å². The van der Waals surface area contributed by atoms with Gasteiger partial charge in [-0.2, -0.15) is 14.7 Å². The van der Waals surface area contributed by atoms with Crippen molar-refractivity contribution in [2.75, 3.05) is 4.72 Å². The Morgan fingerprint density at radius 2 is 2.03 bits per heavy atom. The third-order valence-corrected chi connectivity index (χ3v) is 6.65. The highest BCUT2D eigenvalue weighted by Gasteiger charge is 2.19. The van der Waals surface area contributed by atoms with E-state index in [9.17, 15) is 13.7 Å². The molecule has 0 amide bonds. The number of hydrogen-bond donors (Lipinski definition) is 2. The van der Waals surface area contributed by atoms with Crippen molar-refractivity contribution in [3.8, 4) is 28.7 Å². The van der Waals surface area contributed by atoms with Crippen LogP contribution in [-0.2, 0) is 10.0 Å². The zero-order chi connectivity index (χ0) is 21.1. The summed E-state index contributed by atoms with van der Waals surface area (Å²) in [5.74, 6) is 0.745. The Hall–Kier alpha value is -3.02. The maximum absolute atomic E-state index is 12.6. The molecule has 0 aliphatic rings. The van der Waals surface area contributed by atoms with Crippen molar-refractivity contribution in [2.24, 2.45) is 0 Å². The van der Waals surface area contributed by atoms with Gasteiger partial charge in [-0.3, -0.25) is 9.82 Å². The second-order valence-corrected chi connectivity index (χ2v) is 9.56. The molecule has 0 saturated heterocycles. The molecule has 12 heteroatoms. The van der Waals surface area contributed by atoms with Gasteiger partial charge in [-0.25, -0.2) is 13.4 Å². The zero-order valence-electron chi connectivity index (χ0n) is 14.9. The van der Waals surface area contributed by atoms with Crippen molar-refractivity contribution in [3.05, 3.63) is 64.3 Å². The van der Waals surface area contributed by atoms with E-state index in [-0.39, 0.29) is 21.3 Å². The number of halogens is 1. The highest BCUT2D eigenvalue weighted by atomic mass is 127. The molecule has 0 spiro atoms. The molecule has 4 aromatic rings. The Bertz CT molecular complexity index is 1330. The summed E-state index contributed by atoms with van der Waals surface area (Å²) in [5, 5.41) is 16.4. The van der Waals surface area contributed by atoms with Crippen molar-refractivity contribution < 1.29 is 13.2 Å². The summed E-state index contributed by atoms with van der Waals surface area (Å²) in [7, 11) is -3.92. The van der Waals surface area contributed by atoms with Crippen LogP contribution in [0.2, 0.25) is 0 Å². The Balaban J connectivity index is 1.68. The second-order valence-electron chi connectivity index (χ2n) is 5.85. The molecule has 0 bridgehead atoms. The lowest BCUT2D eigenvalue weighted by Gasteiger charge is -2.13. The van der Waals surface area contributed by atoms with Crippen molar-refractivity contribution >= 4 is 49.3 Å². The molecular formula is C18H11IN6O3S2. The number of hydrogen-bond acceptors (Lipinski definition) is 8. The number of aromatic nitrogens is 4. The van der Waals surface area contributed by atoms with E-state index in [4.69, 9.17) is 4.74 Å². The fourth-order valence-corrected chi connectivity index (χ4v) is 4.76. The lowest BCUT2D eigenvalue weighted by atomic mass is 10.1. The molecule has 2 N–H and O–H groups in total. The molecule has 0 saturated carbocycles. The minimum Gasteiger partial charge on any atom is -0.455 e. The van der Waals surface area contributed by atoms with Gasteiger partial charge >= 0.3 is 0 Å². The number of ether oxygens (including phenoxy) is 1. The van der Waals surface area contributed by atoms with Crippen molar-refractivity contribution in [2.45, 2.75) is 4.90 Å². The summed E-state index contributed by atoms with van der Waals surface area (Å²) < 4.78 is 38.2. The SMILES string of the molecule is N#Cc1cc(S(=O)(=O)Nc2ncns2)ccc1Oc1ccc(I)cc1-c1cn[nH]c1. The van der Waals surface area contributed by atoms with Crippen LogP contribution in [-0.4, -0.2) is 28.0 Å². The first kappa shape index (κ1) is 20.3. The third-order valence-electron chi connectivity index (χ3n) is 3.94. The monoisotopic (exact) mass is 550 g/mol. The number of anilines is 1. The highest BCUT2D eigenvalue weighted by Crippen LogP contribution is 2.36. The summed E-state index contributed by atoms with van der Waals surface area (Å²) >= 11 is 3.10. The normalized spacial score (nSPS) is 11.1. The van der Waals surface area contributed by atoms with Gasteiger partial charge in [0.05, 0.1) is 16.7 Å². The lowest BCUT2D eigenvalue weighted by molar-refractivity contribution is 0.482. The average molecular weight is 550 g/mol. The van der Waals surface area contributed by atoms with E-state index < -0.39 is 10.0 Å². The summed E-state index contributed by atoms with van der Waals surface area (Å²) in [5.41, 5.74) is 1.68. The first-order chi connectivity index (χ1) is 14.5. The van der Waals surface area contributed by atoms with Crippen LogP contribution in [0.5, 0.6) is 11.5 Å². The van der Waals surface area contributed by atoms with E-state index in [1.807, 2.05) is 18.2 Å². The Morgan fingerprint density at radius 1 is 1.20 bits per heavy atom. The summed E-state index contributed by atoms with van der Waals surface area (Å²) in [4.78, 5) is 3.72. The molecule has 2 heterocycles. The van der Waals surface area contributed by atoms with E-state index in [2.05, 4.69) is 46.9 Å². The smallest absolute Gasteiger partial charge is 0.263 e. The van der Waals surface area contributed by atoms with E-state index in [1.165, 1.54) is 24.5 Å². The van der Waals surface area contributed by atoms with Gasteiger partial charge in [0, 0.05) is 32.4 Å². The fourth-order valence-electron chi connectivity index (χ4n) is 2.58. The first-order valence-corrected chi connectivity index (χ1v) is 11.6. The Morgan fingerprint density at radius 3 is 2.73 bits per heavy atom. The van der Waals surface area contributed by atoms with Gasteiger partial charge in [0.1, 0.15) is 23.9 Å². The molecule has 0 radical (unpaired) electrons. The number of rotatable bonds is 6. The predicted molar refractivity (Wildman–Crippen MR) is 119 cm³/mol. The van der Waals surface area contributed by atoms with Crippen LogP contribution in [0.3, 0.4) is 0 Å². The third kappa shape index (κ3) is 4.27. The number of benzene rings is 2. The van der Waals surface area contributed by atoms with Crippen LogP contribution < -0.4 is 9.46 Å². The molecule has 30 heavy (non-hydrogen) atoms. The topological polar surface area (TPSA) is 134 Å². The van der Waals surface area contributed by atoms with Crippen molar-refractivity contribution in [3.63, 3.8) is 0 Å². The summed E-state index contributed by atoms with van der Waals surface area (Å²) in [6, 6.07) is 11.6. The van der Waals surface area contributed by atoms with E-state index in [0.29, 0.717) is 5.75 Å². The molecule has 0 fully saturated rings. The molecule has 0 aliphatic carbocycles. The van der Waals surface area contributed by atoms with Crippen LogP contribution in [0, 0.1) is 14.9 Å². The van der Waals surface area contributed by atoms with Gasteiger partial charge in [-0.15, -0.1) is 0 Å². The molecule has 150 valence electrons. The maximum Gasteiger partial charge on any atom is 0.263 e. The fraction of sp³-hybridized carbons (Fsp3) is 0. The van der Waals surface area contributed by atoms with Crippen LogP contribution in [0.25, 0.3) is 11.1 Å². The highest BCUT2D eigenvalue weighted by molar-refractivity contribution is 14.1. The average Bonchev–Trinajstić information content (AvgIpc) is 3.43. The molecule has 9 nitrogen and oxygen atoms in total. The van der Waals surface area contributed by atoms with Gasteiger partial charge in [-0.05, 0) is 59.0 Å². The van der Waals surface area contributed by atoms with E-state index in [0.717, 1.165) is 26.2 Å². The predicted octanol–water partition coefficient (Wildman–Crippen LogP) is 4.00. The molecule has 0 aliphatic heterocycles. The van der Waals surface area contributed by atoms with Gasteiger partial charge in [0.15, 0.2) is 0 Å². The van der Waals surface area contributed by atoms with E-state index in [1.54, 1.807) is 18.5 Å². The van der Waals surface area contributed by atoms with E-state index >= 15 is 0 Å². The van der Waals surface area contributed by atoms with Gasteiger partial charge in [0.2, 0.25) is 5.13 Å². The molecule has 0 unspecified atom stereocenters. The standard InChI is InChI=1S/C18H11IN6O3S2/c19-13-1-3-17(15(6-13)12-8-22-23-9-12)28-16-4-2-14(5-11(16)7-20)30(26,27)25-18-21-10-24-29-18/h1-6,8-10H,(H,22,23)(H,21,24,25). The van der Waals surface area contributed by atoms with Crippen molar-refractivity contribution in [1.82, 2.24) is 19.6 Å². The lowest BCUT2D eigenvalue weighted by Crippen LogP contribution is -2.13. The maximum atomic E-state index is 12.6. The molecule has 2 aromatic carbocycles. The number of aromatic amines is 1. The Kier molecular flexibility index (Phi) is 5.66. The number of nitriles is 1. The van der Waals surface area contributed by atoms with Gasteiger partial charge in [-0.1, -0.05) is 0 Å². The molecule has 0 atom stereocenters. The van der Waals surface area contributed by atoms with Crippen LogP contribution in [0.4, 0.5) is 5.13 Å².